The van der Waals surface area contributed by atoms with Crippen molar-refractivity contribution in [2.24, 2.45) is 0 Å². The highest BCUT2D eigenvalue weighted by molar-refractivity contribution is 5.03. The van der Waals surface area contributed by atoms with Gasteiger partial charge in [0.15, 0.2) is 0 Å². The largest absolute Gasteiger partial charge is 0.332 e. The Morgan fingerprint density at radius 2 is 2.17 bits per heavy atom. The third-order valence-corrected chi connectivity index (χ3v) is 2.19. The first-order valence-electron chi connectivity index (χ1n) is 4.80. The summed E-state index contributed by atoms with van der Waals surface area (Å²) < 4.78 is 2.32. The lowest BCUT2D eigenvalue weighted by molar-refractivity contribution is 0.594. The summed E-state index contributed by atoms with van der Waals surface area (Å²) in [4.78, 5) is 4.35. The fourth-order valence-electron chi connectivity index (χ4n) is 1.41. The van der Waals surface area contributed by atoms with E-state index in [0.29, 0.717) is 0 Å². The van der Waals surface area contributed by atoms with E-state index in [1.54, 1.807) is 0 Å². The van der Waals surface area contributed by atoms with Crippen molar-refractivity contribution in [3.8, 4) is 0 Å². The van der Waals surface area contributed by atoms with Crippen molar-refractivity contribution in [2.75, 3.05) is 0 Å². The van der Waals surface area contributed by atoms with Crippen LogP contribution in [0.1, 0.15) is 38.2 Å². The third-order valence-electron chi connectivity index (χ3n) is 2.19. The van der Waals surface area contributed by atoms with E-state index in [-0.39, 0.29) is 0 Å². The van der Waals surface area contributed by atoms with E-state index in [1.807, 2.05) is 6.20 Å². The molecule has 0 aromatic carbocycles. The van der Waals surface area contributed by atoms with Crippen LogP contribution in [0, 0.1) is 6.92 Å². The number of unbranched alkanes of at least 4 members (excludes halogenated alkanes) is 1. The number of nitrogens with zero attached hydrogens (tertiary/aromatic N) is 2. The maximum absolute atomic E-state index is 4.35. The Morgan fingerprint density at radius 1 is 1.42 bits per heavy atom. The molecule has 0 saturated carbocycles. The standard InChI is InChI=1S/C10H18N2/c1-4-6-7-12-9(3)8-11-10(12)5-2/h8H,4-7H2,1-3H3. The van der Waals surface area contributed by atoms with Gasteiger partial charge in [0.2, 0.25) is 0 Å². The van der Waals surface area contributed by atoms with E-state index in [2.05, 4.69) is 30.3 Å². The van der Waals surface area contributed by atoms with Crippen LogP contribution >= 0.6 is 0 Å². The lowest BCUT2D eigenvalue weighted by Crippen LogP contribution is -2.04. The van der Waals surface area contributed by atoms with Crippen LogP contribution in [-0.4, -0.2) is 9.55 Å². The molecule has 2 nitrogen and oxygen atoms in total. The molecule has 0 saturated heterocycles. The zero-order valence-electron chi connectivity index (χ0n) is 8.30. The molecule has 0 amide bonds. The molecule has 0 spiro atoms. The SMILES string of the molecule is CCCCn1c(C)cnc1CC. The van der Waals surface area contributed by atoms with Gasteiger partial charge >= 0.3 is 0 Å². The minimum absolute atomic E-state index is 1.04. The van der Waals surface area contributed by atoms with E-state index in [1.165, 1.54) is 24.4 Å². The molecule has 2 heteroatoms. The maximum Gasteiger partial charge on any atom is 0.108 e. The first kappa shape index (κ1) is 9.30. The smallest absolute Gasteiger partial charge is 0.108 e. The van der Waals surface area contributed by atoms with Crippen molar-refractivity contribution >= 4 is 0 Å². The van der Waals surface area contributed by atoms with Crippen molar-refractivity contribution in [3.05, 3.63) is 17.7 Å². The van der Waals surface area contributed by atoms with Crippen LogP contribution in [0.15, 0.2) is 6.20 Å². The monoisotopic (exact) mass is 166 g/mol. The van der Waals surface area contributed by atoms with Crippen LogP contribution in [-0.2, 0) is 13.0 Å². The molecule has 1 rings (SSSR count). The number of hydrogen-bond donors (Lipinski definition) is 0. The molecular weight excluding hydrogens is 148 g/mol. The van der Waals surface area contributed by atoms with Gasteiger partial charge < -0.3 is 4.57 Å². The van der Waals surface area contributed by atoms with Crippen LogP contribution in [0.4, 0.5) is 0 Å². The molecule has 0 radical (unpaired) electrons. The summed E-state index contributed by atoms with van der Waals surface area (Å²) >= 11 is 0. The number of aromatic nitrogens is 2. The summed E-state index contributed by atoms with van der Waals surface area (Å²) in [7, 11) is 0. The first-order valence-corrected chi connectivity index (χ1v) is 4.80. The van der Waals surface area contributed by atoms with Crippen molar-refractivity contribution in [1.82, 2.24) is 9.55 Å². The van der Waals surface area contributed by atoms with Crippen LogP contribution in [0.3, 0.4) is 0 Å². The number of imidazole rings is 1. The summed E-state index contributed by atoms with van der Waals surface area (Å²) in [6.45, 7) is 7.63. The number of aryl methyl sites for hydroxylation is 2. The Kier molecular flexibility index (Phi) is 3.32. The van der Waals surface area contributed by atoms with Gasteiger partial charge in [0.05, 0.1) is 0 Å². The van der Waals surface area contributed by atoms with E-state index in [9.17, 15) is 0 Å². The Balaban J connectivity index is 2.72. The molecule has 0 unspecified atom stereocenters. The highest BCUT2D eigenvalue weighted by atomic mass is 15.1. The summed E-state index contributed by atoms with van der Waals surface area (Å²) in [5, 5.41) is 0. The van der Waals surface area contributed by atoms with Crippen molar-refractivity contribution in [3.63, 3.8) is 0 Å². The molecule has 0 N–H and O–H groups in total. The Labute approximate surface area is 74.6 Å². The molecule has 1 aromatic rings. The molecule has 0 atom stereocenters. The fourth-order valence-corrected chi connectivity index (χ4v) is 1.41. The van der Waals surface area contributed by atoms with Gasteiger partial charge in [0, 0.05) is 24.9 Å². The molecule has 0 aliphatic carbocycles. The Hall–Kier alpha value is -0.790. The third kappa shape index (κ3) is 1.87. The highest BCUT2D eigenvalue weighted by Gasteiger charge is 2.02. The minimum atomic E-state index is 1.04. The van der Waals surface area contributed by atoms with Crippen LogP contribution < -0.4 is 0 Å². The lowest BCUT2D eigenvalue weighted by atomic mass is 10.3. The molecule has 68 valence electrons. The molecule has 1 heterocycles. The zero-order chi connectivity index (χ0) is 8.97. The molecular formula is C10H18N2. The molecule has 1 aromatic heterocycles. The predicted octanol–water partition coefficient (Wildman–Crippen LogP) is 2.55. The molecule has 0 fully saturated rings. The normalized spacial score (nSPS) is 10.6. The second-order valence-corrected chi connectivity index (χ2v) is 3.17. The van der Waals surface area contributed by atoms with Gasteiger partial charge in [-0.15, -0.1) is 0 Å². The van der Waals surface area contributed by atoms with Crippen LogP contribution in [0.2, 0.25) is 0 Å². The highest BCUT2D eigenvalue weighted by Crippen LogP contribution is 2.06. The van der Waals surface area contributed by atoms with E-state index < -0.39 is 0 Å². The summed E-state index contributed by atoms with van der Waals surface area (Å²) in [6, 6.07) is 0. The average Bonchev–Trinajstić information content (AvgIpc) is 2.43. The first-order chi connectivity index (χ1) is 5.79. The van der Waals surface area contributed by atoms with Crippen molar-refractivity contribution in [1.29, 1.82) is 0 Å². The molecule has 0 aliphatic heterocycles. The summed E-state index contributed by atoms with van der Waals surface area (Å²) in [6.07, 6.45) is 5.51. The lowest BCUT2D eigenvalue weighted by Gasteiger charge is -2.07. The van der Waals surface area contributed by atoms with Crippen LogP contribution in [0.5, 0.6) is 0 Å². The second-order valence-electron chi connectivity index (χ2n) is 3.17. The number of rotatable bonds is 4. The van der Waals surface area contributed by atoms with Gasteiger partial charge in [0.1, 0.15) is 5.82 Å². The van der Waals surface area contributed by atoms with Gasteiger partial charge in [-0.1, -0.05) is 20.3 Å². The topological polar surface area (TPSA) is 17.8 Å². The summed E-state index contributed by atoms with van der Waals surface area (Å²) in [5.74, 6) is 1.22. The average molecular weight is 166 g/mol. The maximum atomic E-state index is 4.35. The minimum Gasteiger partial charge on any atom is -0.332 e. The molecule has 12 heavy (non-hydrogen) atoms. The van der Waals surface area contributed by atoms with E-state index >= 15 is 0 Å². The van der Waals surface area contributed by atoms with Gasteiger partial charge in [0.25, 0.3) is 0 Å². The van der Waals surface area contributed by atoms with Gasteiger partial charge in [-0.2, -0.15) is 0 Å². The quantitative estimate of drug-likeness (QED) is 0.672. The Morgan fingerprint density at radius 3 is 2.75 bits per heavy atom. The Bertz CT molecular complexity index is 238. The van der Waals surface area contributed by atoms with E-state index in [4.69, 9.17) is 0 Å². The van der Waals surface area contributed by atoms with Crippen LogP contribution in [0.25, 0.3) is 0 Å². The van der Waals surface area contributed by atoms with Gasteiger partial charge in [-0.3, -0.25) is 0 Å². The van der Waals surface area contributed by atoms with Gasteiger partial charge in [-0.05, 0) is 13.3 Å². The number of hydrogen-bond acceptors (Lipinski definition) is 1. The van der Waals surface area contributed by atoms with Crippen molar-refractivity contribution in [2.45, 2.75) is 46.6 Å². The van der Waals surface area contributed by atoms with Gasteiger partial charge in [-0.25, -0.2) is 4.98 Å². The predicted molar refractivity (Wildman–Crippen MR) is 51.3 cm³/mol. The van der Waals surface area contributed by atoms with Crippen molar-refractivity contribution < 1.29 is 0 Å². The zero-order valence-corrected chi connectivity index (χ0v) is 8.30. The second kappa shape index (κ2) is 4.29. The van der Waals surface area contributed by atoms with E-state index in [0.717, 1.165) is 13.0 Å². The molecule has 0 aliphatic rings. The summed E-state index contributed by atoms with van der Waals surface area (Å²) in [5.41, 5.74) is 1.29. The fraction of sp³-hybridized carbons (Fsp3) is 0.700. The molecule has 0 bridgehead atoms.